The zero-order valence-electron chi connectivity index (χ0n) is 17.6. The van der Waals surface area contributed by atoms with Crippen molar-refractivity contribution in [3.63, 3.8) is 0 Å². The van der Waals surface area contributed by atoms with E-state index in [0.29, 0.717) is 6.54 Å². The van der Waals surface area contributed by atoms with Crippen LogP contribution in [-0.4, -0.2) is 18.1 Å². The molecule has 0 radical (unpaired) electrons. The quantitative estimate of drug-likeness (QED) is 0.357. The summed E-state index contributed by atoms with van der Waals surface area (Å²) in [6.07, 6.45) is 3.41. The molecule has 0 saturated heterocycles. The molecule has 0 unspecified atom stereocenters. The number of ether oxygens (including phenoxy) is 1. The number of carbonyl (C=O) groups is 1. The monoisotopic (exact) mass is 441 g/mol. The van der Waals surface area contributed by atoms with Crippen molar-refractivity contribution in [1.29, 1.82) is 0 Å². The number of hydrogen-bond donors (Lipinski definition) is 2. The number of nitrogens with zero attached hydrogens (tertiary/aromatic N) is 1. The third kappa shape index (κ3) is 5.47. The van der Waals surface area contributed by atoms with Crippen molar-refractivity contribution < 1.29 is 9.53 Å². The summed E-state index contributed by atoms with van der Waals surface area (Å²) in [6, 6.07) is 27.6. The van der Waals surface area contributed by atoms with Crippen LogP contribution in [0.5, 0.6) is 5.75 Å². The molecule has 0 aliphatic carbocycles. The summed E-state index contributed by atoms with van der Waals surface area (Å²) < 4.78 is 5.55. The molecule has 0 aliphatic rings. The number of para-hydroxylation sites is 1. The van der Waals surface area contributed by atoms with Gasteiger partial charge in [0, 0.05) is 40.0 Å². The number of urea groups is 1. The standard InChI is InChI=1S/C26H23N3O2S/c1-31-24-8-4-2-6-22(24)23-7-3-5-9-25(23)32-21-12-10-20(11-13-21)29-26(30)28-18-19-14-16-27-17-15-19/h2-17H,18H2,1H3,(H2,28,29,30). The molecule has 5 nitrogen and oxygen atoms in total. The highest BCUT2D eigenvalue weighted by atomic mass is 32.2. The lowest BCUT2D eigenvalue weighted by molar-refractivity contribution is 0.251. The van der Waals surface area contributed by atoms with Gasteiger partial charge in [-0.3, -0.25) is 4.98 Å². The Morgan fingerprint density at radius 3 is 2.31 bits per heavy atom. The number of anilines is 1. The van der Waals surface area contributed by atoms with Gasteiger partial charge < -0.3 is 15.4 Å². The van der Waals surface area contributed by atoms with Gasteiger partial charge in [-0.05, 0) is 59.7 Å². The van der Waals surface area contributed by atoms with Crippen LogP contribution in [-0.2, 0) is 6.54 Å². The molecule has 4 rings (SSSR count). The lowest BCUT2D eigenvalue weighted by atomic mass is 10.0. The average molecular weight is 442 g/mol. The topological polar surface area (TPSA) is 63.2 Å². The SMILES string of the molecule is COc1ccccc1-c1ccccc1Sc1ccc(NC(=O)NCc2ccncc2)cc1. The molecule has 1 heterocycles. The van der Waals surface area contributed by atoms with Gasteiger partial charge in [0.15, 0.2) is 0 Å². The second-order valence-corrected chi connectivity index (χ2v) is 8.10. The third-order valence-corrected chi connectivity index (χ3v) is 5.91. The number of carbonyl (C=O) groups excluding carboxylic acids is 1. The average Bonchev–Trinajstić information content (AvgIpc) is 2.85. The second kappa shape index (κ2) is 10.5. The van der Waals surface area contributed by atoms with Crippen molar-refractivity contribution >= 4 is 23.5 Å². The molecule has 3 aromatic carbocycles. The summed E-state index contributed by atoms with van der Waals surface area (Å²) in [5.74, 6) is 0.845. The summed E-state index contributed by atoms with van der Waals surface area (Å²) in [5, 5.41) is 5.71. The highest BCUT2D eigenvalue weighted by molar-refractivity contribution is 7.99. The highest BCUT2D eigenvalue weighted by Gasteiger charge is 2.11. The first-order chi connectivity index (χ1) is 15.7. The molecule has 0 atom stereocenters. The summed E-state index contributed by atoms with van der Waals surface area (Å²) in [6.45, 7) is 0.446. The van der Waals surface area contributed by atoms with Crippen LogP contribution in [0.2, 0.25) is 0 Å². The van der Waals surface area contributed by atoms with Gasteiger partial charge in [-0.1, -0.05) is 48.2 Å². The van der Waals surface area contributed by atoms with E-state index in [4.69, 9.17) is 4.74 Å². The fraction of sp³-hybridized carbons (Fsp3) is 0.0769. The first-order valence-electron chi connectivity index (χ1n) is 10.2. The van der Waals surface area contributed by atoms with Gasteiger partial charge in [0.05, 0.1) is 7.11 Å². The molecule has 6 heteroatoms. The predicted molar refractivity (Wildman–Crippen MR) is 129 cm³/mol. The molecule has 0 aliphatic heterocycles. The maximum atomic E-state index is 12.2. The Hall–Kier alpha value is -3.77. The van der Waals surface area contributed by atoms with Crippen LogP contribution in [0.15, 0.2) is 107 Å². The summed E-state index contributed by atoms with van der Waals surface area (Å²) in [7, 11) is 1.69. The van der Waals surface area contributed by atoms with E-state index in [0.717, 1.165) is 37.9 Å². The maximum absolute atomic E-state index is 12.2. The van der Waals surface area contributed by atoms with Gasteiger partial charge in [0.25, 0.3) is 0 Å². The fourth-order valence-corrected chi connectivity index (χ4v) is 4.20. The van der Waals surface area contributed by atoms with Crippen LogP contribution in [0.1, 0.15) is 5.56 Å². The summed E-state index contributed by atoms with van der Waals surface area (Å²) >= 11 is 1.67. The Morgan fingerprint density at radius 2 is 1.56 bits per heavy atom. The zero-order chi connectivity index (χ0) is 22.2. The molecule has 160 valence electrons. The number of benzene rings is 3. The molecular weight excluding hydrogens is 418 g/mol. The van der Waals surface area contributed by atoms with E-state index in [-0.39, 0.29) is 6.03 Å². The largest absolute Gasteiger partial charge is 0.496 e. The van der Waals surface area contributed by atoms with Crippen LogP contribution >= 0.6 is 11.8 Å². The van der Waals surface area contributed by atoms with Crippen molar-refractivity contribution in [2.45, 2.75) is 16.3 Å². The van der Waals surface area contributed by atoms with Crippen molar-refractivity contribution in [3.8, 4) is 16.9 Å². The van der Waals surface area contributed by atoms with Crippen LogP contribution in [0.4, 0.5) is 10.5 Å². The number of hydrogen-bond acceptors (Lipinski definition) is 4. The van der Waals surface area contributed by atoms with Gasteiger partial charge in [-0.15, -0.1) is 0 Å². The van der Waals surface area contributed by atoms with Crippen molar-refractivity contribution in [2.75, 3.05) is 12.4 Å². The number of methoxy groups -OCH3 is 1. The first-order valence-corrected chi connectivity index (χ1v) is 11.0. The molecule has 4 aromatic rings. The van der Waals surface area contributed by atoms with E-state index in [1.165, 1.54) is 0 Å². The first kappa shape index (κ1) is 21.5. The number of pyridine rings is 1. The van der Waals surface area contributed by atoms with Gasteiger partial charge in [0.1, 0.15) is 5.75 Å². The molecule has 0 fully saturated rings. The Kier molecular flexibility index (Phi) is 7.05. The minimum Gasteiger partial charge on any atom is -0.496 e. The number of aromatic nitrogens is 1. The minimum absolute atomic E-state index is 0.247. The normalized spacial score (nSPS) is 10.4. The lowest BCUT2D eigenvalue weighted by Crippen LogP contribution is -2.28. The summed E-state index contributed by atoms with van der Waals surface area (Å²) in [4.78, 5) is 18.4. The summed E-state index contributed by atoms with van der Waals surface area (Å²) in [5.41, 5.74) is 3.91. The predicted octanol–water partition coefficient (Wildman–Crippen LogP) is 6.23. The number of amides is 2. The Balaban J connectivity index is 1.42. The van der Waals surface area contributed by atoms with Crippen molar-refractivity contribution in [1.82, 2.24) is 10.3 Å². The molecule has 0 bridgehead atoms. The Bertz CT molecular complexity index is 1180. The van der Waals surface area contributed by atoms with Crippen LogP contribution < -0.4 is 15.4 Å². The molecular formula is C26H23N3O2S. The van der Waals surface area contributed by atoms with Crippen molar-refractivity contribution in [3.05, 3.63) is 103 Å². The second-order valence-electron chi connectivity index (χ2n) is 6.99. The van der Waals surface area contributed by atoms with E-state index in [9.17, 15) is 4.79 Å². The zero-order valence-corrected chi connectivity index (χ0v) is 18.4. The van der Waals surface area contributed by atoms with Crippen LogP contribution in [0, 0.1) is 0 Å². The Labute approximate surface area is 191 Å². The highest BCUT2D eigenvalue weighted by Crippen LogP contribution is 2.39. The van der Waals surface area contributed by atoms with Crippen molar-refractivity contribution in [2.24, 2.45) is 0 Å². The molecule has 0 saturated carbocycles. The molecule has 2 N–H and O–H groups in total. The lowest BCUT2D eigenvalue weighted by Gasteiger charge is -2.13. The third-order valence-electron chi connectivity index (χ3n) is 4.83. The van der Waals surface area contributed by atoms with Gasteiger partial charge >= 0.3 is 6.03 Å². The molecule has 32 heavy (non-hydrogen) atoms. The van der Waals surface area contributed by atoms with E-state index >= 15 is 0 Å². The Morgan fingerprint density at radius 1 is 0.875 bits per heavy atom. The van der Waals surface area contributed by atoms with Crippen LogP contribution in [0.3, 0.4) is 0 Å². The van der Waals surface area contributed by atoms with E-state index < -0.39 is 0 Å². The van der Waals surface area contributed by atoms with Gasteiger partial charge in [-0.25, -0.2) is 4.79 Å². The van der Waals surface area contributed by atoms with E-state index in [1.807, 2.05) is 66.7 Å². The van der Waals surface area contributed by atoms with E-state index in [1.54, 1.807) is 31.3 Å². The fourth-order valence-electron chi connectivity index (χ4n) is 3.24. The molecule has 2 amide bonds. The number of nitrogens with one attached hydrogen (secondary N) is 2. The molecule has 0 spiro atoms. The van der Waals surface area contributed by atoms with Gasteiger partial charge in [0.2, 0.25) is 0 Å². The van der Waals surface area contributed by atoms with E-state index in [2.05, 4.69) is 33.8 Å². The molecule has 1 aromatic heterocycles. The maximum Gasteiger partial charge on any atom is 0.319 e. The number of rotatable bonds is 7. The van der Waals surface area contributed by atoms with Gasteiger partial charge in [-0.2, -0.15) is 0 Å². The minimum atomic E-state index is -0.247. The smallest absolute Gasteiger partial charge is 0.319 e. The van der Waals surface area contributed by atoms with Crippen LogP contribution in [0.25, 0.3) is 11.1 Å².